The molecule has 0 spiro atoms. The van der Waals surface area contributed by atoms with Crippen molar-refractivity contribution >= 4 is 17.6 Å². The molecular weight excluding hydrogens is 288 g/mol. The molecule has 0 radical (unpaired) electrons. The number of piperazine rings is 1. The predicted molar refractivity (Wildman–Crippen MR) is 84.7 cm³/mol. The van der Waals surface area contributed by atoms with Crippen molar-refractivity contribution in [2.75, 3.05) is 26.2 Å². The first-order valence-electron chi connectivity index (χ1n) is 7.30. The van der Waals surface area contributed by atoms with E-state index in [9.17, 15) is 4.79 Å². The van der Waals surface area contributed by atoms with E-state index in [0.717, 1.165) is 38.3 Å². The smallest absolute Gasteiger partial charge is 0.316 e. The lowest BCUT2D eigenvalue weighted by atomic mass is 9.97. The van der Waals surface area contributed by atoms with Crippen LogP contribution in [0.2, 0.25) is 5.02 Å². The minimum atomic E-state index is -0.533. The molecule has 1 aromatic carbocycles. The van der Waals surface area contributed by atoms with Crippen LogP contribution < -0.4 is 10.1 Å². The number of benzene rings is 1. The average Bonchev–Trinajstić information content (AvgIpc) is 2.42. The van der Waals surface area contributed by atoms with Crippen LogP contribution in [0.15, 0.2) is 18.2 Å². The van der Waals surface area contributed by atoms with Gasteiger partial charge >= 0.3 is 5.97 Å². The van der Waals surface area contributed by atoms with E-state index in [4.69, 9.17) is 16.3 Å². The molecule has 1 fully saturated rings. The van der Waals surface area contributed by atoms with Gasteiger partial charge in [0.25, 0.3) is 0 Å². The molecule has 1 aliphatic heterocycles. The van der Waals surface area contributed by atoms with Gasteiger partial charge < -0.3 is 10.1 Å². The van der Waals surface area contributed by atoms with Crippen LogP contribution in [0, 0.1) is 5.41 Å². The zero-order chi connectivity index (χ0) is 15.5. The molecule has 4 nitrogen and oxygen atoms in total. The number of carbonyl (C=O) groups excluding carboxylic acids is 1. The fraction of sp³-hybridized carbons (Fsp3) is 0.562. The molecular formula is C16H23ClN2O2. The molecule has 1 saturated heterocycles. The fourth-order valence-electron chi connectivity index (χ4n) is 2.12. The van der Waals surface area contributed by atoms with Crippen molar-refractivity contribution in [3.8, 4) is 5.75 Å². The molecule has 1 aliphatic rings. The van der Waals surface area contributed by atoms with Crippen LogP contribution in [0.25, 0.3) is 0 Å². The Bertz CT molecular complexity index is 505. The monoisotopic (exact) mass is 310 g/mol. The van der Waals surface area contributed by atoms with Gasteiger partial charge in [-0.15, -0.1) is 0 Å². The maximum atomic E-state index is 12.1. The molecule has 1 N–H and O–H groups in total. The molecule has 1 heterocycles. The molecule has 0 amide bonds. The van der Waals surface area contributed by atoms with Crippen molar-refractivity contribution in [2.45, 2.75) is 27.3 Å². The predicted octanol–water partition coefficient (Wildman–Crippen LogP) is 2.70. The average molecular weight is 311 g/mol. The Hall–Kier alpha value is -1.10. The Labute approximate surface area is 131 Å². The normalized spacial score (nSPS) is 16.8. The number of hydrogen-bond acceptors (Lipinski definition) is 4. The van der Waals surface area contributed by atoms with Crippen LogP contribution in [-0.2, 0) is 11.3 Å². The highest BCUT2D eigenvalue weighted by Crippen LogP contribution is 2.27. The second kappa shape index (κ2) is 6.77. The van der Waals surface area contributed by atoms with Gasteiger partial charge in [0.15, 0.2) is 0 Å². The molecule has 0 saturated carbocycles. The minimum Gasteiger partial charge on any atom is -0.426 e. The molecule has 116 valence electrons. The second-order valence-corrected chi connectivity index (χ2v) is 6.85. The SMILES string of the molecule is CC(C)(C)C(=O)Oc1cc(Cl)ccc1CN1CCNCC1. The summed E-state index contributed by atoms with van der Waals surface area (Å²) in [6.45, 7) is 10.3. The van der Waals surface area contributed by atoms with Gasteiger partial charge in [0.05, 0.1) is 5.41 Å². The summed E-state index contributed by atoms with van der Waals surface area (Å²) in [6.07, 6.45) is 0. The van der Waals surface area contributed by atoms with Crippen LogP contribution in [0.3, 0.4) is 0 Å². The van der Waals surface area contributed by atoms with E-state index in [1.54, 1.807) is 6.07 Å². The molecule has 0 aromatic heterocycles. The number of carbonyl (C=O) groups is 1. The van der Waals surface area contributed by atoms with Gasteiger partial charge in [-0.3, -0.25) is 9.69 Å². The highest BCUT2D eigenvalue weighted by atomic mass is 35.5. The zero-order valence-corrected chi connectivity index (χ0v) is 13.7. The maximum absolute atomic E-state index is 12.1. The number of hydrogen-bond donors (Lipinski definition) is 1. The van der Waals surface area contributed by atoms with Gasteiger partial charge in [-0.05, 0) is 32.9 Å². The van der Waals surface area contributed by atoms with Gasteiger partial charge in [-0.2, -0.15) is 0 Å². The summed E-state index contributed by atoms with van der Waals surface area (Å²) in [7, 11) is 0. The lowest BCUT2D eigenvalue weighted by Gasteiger charge is -2.28. The number of nitrogens with zero attached hydrogens (tertiary/aromatic N) is 1. The van der Waals surface area contributed by atoms with Crippen LogP contribution in [0.5, 0.6) is 5.75 Å². The number of ether oxygens (including phenoxy) is 1. The third-order valence-corrected chi connectivity index (χ3v) is 3.68. The zero-order valence-electron chi connectivity index (χ0n) is 12.9. The van der Waals surface area contributed by atoms with E-state index in [2.05, 4.69) is 10.2 Å². The van der Waals surface area contributed by atoms with E-state index in [-0.39, 0.29) is 5.97 Å². The molecule has 0 bridgehead atoms. The van der Waals surface area contributed by atoms with Gasteiger partial charge in [0.1, 0.15) is 5.75 Å². The van der Waals surface area contributed by atoms with E-state index < -0.39 is 5.41 Å². The van der Waals surface area contributed by atoms with E-state index in [1.807, 2.05) is 32.9 Å². The number of halogens is 1. The van der Waals surface area contributed by atoms with Crippen molar-refractivity contribution in [1.82, 2.24) is 10.2 Å². The van der Waals surface area contributed by atoms with Gasteiger partial charge in [-0.1, -0.05) is 17.7 Å². The maximum Gasteiger partial charge on any atom is 0.316 e. The van der Waals surface area contributed by atoms with Crippen molar-refractivity contribution in [1.29, 1.82) is 0 Å². The summed E-state index contributed by atoms with van der Waals surface area (Å²) in [5.74, 6) is 0.326. The van der Waals surface area contributed by atoms with E-state index >= 15 is 0 Å². The van der Waals surface area contributed by atoms with Crippen molar-refractivity contribution in [2.24, 2.45) is 5.41 Å². The molecule has 21 heavy (non-hydrogen) atoms. The third kappa shape index (κ3) is 4.70. The highest BCUT2D eigenvalue weighted by Gasteiger charge is 2.25. The Morgan fingerprint density at radius 3 is 2.62 bits per heavy atom. The molecule has 0 aliphatic carbocycles. The molecule has 1 aromatic rings. The summed E-state index contributed by atoms with van der Waals surface area (Å²) in [6, 6.07) is 5.51. The van der Waals surface area contributed by atoms with Gasteiger partial charge in [0, 0.05) is 43.3 Å². The Kier molecular flexibility index (Phi) is 5.25. The minimum absolute atomic E-state index is 0.244. The van der Waals surface area contributed by atoms with Gasteiger partial charge in [0.2, 0.25) is 0 Å². The van der Waals surface area contributed by atoms with Crippen LogP contribution >= 0.6 is 11.6 Å². The third-order valence-electron chi connectivity index (χ3n) is 3.45. The Balaban J connectivity index is 2.15. The topological polar surface area (TPSA) is 41.6 Å². The first-order valence-corrected chi connectivity index (χ1v) is 7.68. The lowest BCUT2D eigenvalue weighted by Crippen LogP contribution is -2.43. The molecule has 0 atom stereocenters. The Morgan fingerprint density at radius 1 is 1.33 bits per heavy atom. The largest absolute Gasteiger partial charge is 0.426 e. The Morgan fingerprint density at radius 2 is 2.00 bits per heavy atom. The number of rotatable bonds is 3. The second-order valence-electron chi connectivity index (χ2n) is 6.42. The first kappa shape index (κ1) is 16.3. The molecule has 0 unspecified atom stereocenters. The van der Waals surface area contributed by atoms with Crippen LogP contribution in [-0.4, -0.2) is 37.0 Å². The van der Waals surface area contributed by atoms with Gasteiger partial charge in [-0.25, -0.2) is 0 Å². The van der Waals surface area contributed by atoms with Crippen molar-refractivity contribution in [3.63, 3.8) is 0 Å². The highest BCUT2D eigenvalue weighted by molar-refractivity contribution is 6.30. The van der Waals surface area contributed by atoms with E-state index in [1.165, 1.54) is 0 Å². The molecule has 2 rings (SSSR count). The van der Waals surface area contributed by atoms with Crippen molar-refractivity contribution < 1.29 is 9.53 Å². The van der Waals surface area contributed by atoms with Crippen molar-refractivity contribution in [3.05, 3.63) is 28.8 Å². The number of esters is 1. The lowest BCUT2D eigenvalue weighted by molar-refractivity contribution is -0.143. The first-order chi connectivity index (χ1) is 9.86. The quantitative estimate of drug-likeness (QED) is 0.688. The van der Waals surface area contributed by atoms with E-state index in [0.29, 0.717) is 10.8 Å². The van der Waals surface area contributed by atoms with Crippen LogP contribution in [0.4, 0.5) is 0 Å². The summed E-state index contributed by atoms with van der Waals surface area (Å²) >= 11 is 6.04. The summed E-state index contributed by atoms with van der Waals surface area (Å²) in [5, 5.41) is 3.91. The number of nitrogens with one attached hydrogen (secondary N) is 1. The van der Waals surface area contributed by atoms with Crippen LogP contribution in [0.1, 0.15) is 26.3 Å². The fourth-order valence-corrected chi connectivity index (χ4v) is 2.28. The summed E-state index contributed by atoms with van der Waals surface area (Å²) in [4.78, 5) is 14.4. The summed E-state index contributed by atoms with van der Waals surface area (Å²) < 4.78 is 5.57. The molecule has 5 heteroatoms. The standard InChI is InChI=1S/C16H23ClN2O2/c1-16(2,3)15(20)21-14-10-13(17)5-4-12(14)11-19-8-6-18-7-9-19/h4-5,10,18H,6-9,11H2,1-3H3. The summed E-state index contributed by atoms with van der Waals surface area (Å²) in [5.41, 5.74) is 0.466.